The molecule has 0 radical (unpaired) electrons. The monoisotopic (exact) mass is 248 g/mol. The predicted octanol–water partition coefficient (Wildman–Crippen LogP) is 2.65. The SMILES string of the molecule is CCN(C(=O)NC1CC1)C(C)c1cccc(O)c1. The van der Waals surface area contributed by atoms with Crippen molar-refractivity contribution >= 4 is 6.03 Å². The first-order valence-electron chi connectivity index (χ1n) is 6.48. The zero-order chi connectivity index (χ0) is 13.1. The quantitative estimate of drug-likeness (QED) is 0.860. The Hall–Kier alpha value is -1.71. The molecular weight excluding hydrogens is 228 g/mol. The van der Waals surface area contributed by atoms with Crippen molar-refractivity contribution in [2.24, 2.45) is 0 Å². The highest BCUT2D eigenvalue weighted by atomic mass is 16.3. The molecule has 4 heteroatoms. The summed E-state index contributed by atoms with van der Waals surface area (Å²) in [5, 5.41) is 12.5. The van der Waals surface area contributed by atoms with E-state index in [0.717, 1.165) is 18.4 Å². The molecule has 1 fully saturated rings. The minimum Gasteiger partial charge on any atom is -0.508 e. The average Bonchev–Trinajstić information content (AvgIpc) is 3.13. The Kier molecular flexibility index (Phi) is 3.75. The van der Waals surface area contributed by atoms with Gasteiger partial charge in [0.2, 0.25) is 0 Å². The van der Waals surface area contributed by atoms with Gasteiger partial charge < -0.3 is 15.3 Å². The van der Waals surface area contributed by atoms with Gasteiger partial charge in [-0.2, -0.15) is 0 Å². The molecule has 98 valence electrons. The number of amides is 2. The second kappa shape index (κ2) is 5.29. The smallest absolute Gasteiger partial charge is 0.318 e. The van der Waals surface area contributed by atoms with Crippen LogP contribution in [0.3, 0.4) is 0 Å². The molecule has 1 unspecified atom stereocenters. The normalized spacial score (nSPS) is 16.1. The molecule has 1 aromatic carbocycles. The zero-order valence-corrected chi connectivity index (χ0v) is 10.9. The number of aromatic hydroxyl groups is 1. The lowest BCUT2D eigenvalue weighted by atomic mass is 10.1. The Morgan fingerprint density at radius 3 is 2.83 bits per heavy atom. The van der Waals surface area contributed by atoms with Crippen LogP contribution in [0, 0.1) is 0 Å². The van der Waals surface area contributed by atoms with Crippen molar-refractivity contribution < 1.29 is 9.90 Å². The van der Waals surface area contributed by atoms with Gasteiger partial charge in [0.05, 0.1) is 6.04 Å². The van der Waals surface area contributed by atoms with Crippen LogP contribution >= 0.6 is 0 Å². The highest BCUT2D eigenvalue weighted by molar-refractivity contribution is 5.75. The predicted molar refractivity (Wildman–Crippen MR) is 70.5 cm³/mol. The molecule has 1 aromatic rings. The van der Waals surface area contributed by atoms with Crippen LogP contribution in [0.2, 0.25) is 0 Å². The lowest BCUT2D eigenvalue weighted by molar-refractivity contribution is 0.182. The zero-order valence-electron chi connectivity index (χ0n) is 10.9. The van der Waals surface area contributed by atoms with Crippen LogP contribution in [0.5, 0.6) is 5.75 Å². The molecule has 2 rings (SSSR count). The third-order valence-corrected chi connectivity index (χ3v) is 3.33. The molecule has 1 aliphatic rings. The van der Waals surface area contributed by atoms with Gasteiger partial charge in [0.25, 0.3) is 0 Å². The minimum atomic E-state index is -0.0409. The van der Waals surface area contributed by atoms with E-state index in [2.05, 4.69) is 5.32 Å². The minimum absolute atomic E-state index is 0.0177. The molecule has 0 spiro atoms. The van der Waals surface area contributed by atoms with E-state index in [1.165, 1.54) is 0 Å². The van der Waals surface area contributed by atoms with Crippen molar-refractivity contribution in [2.45, 2.75) is 38.8 Å². The Labute approximate surface area is 108 Å². The van der Waals surface area contributed by atoms with Crippen LogP contribution in [0.25, 0.3) is 0 Å². The number of hydrogen-bond donors (Lipinski definition) is 2. The largest absolute Gasteiger partial charge is 0.508 e. The van der Waals surface area contributed by atoms with Gasteiger partial charge >= 0.3 is 6.03 Å². The molecule has 2 amide bonds. The number of phenolic OH excluding ortho intramolecular Hbond substituents is 1. The van der Waals surface area contributed by atoms with Gasteiger partial charge in [-0.15, -0.1) is 0 Å². The summed E-state index contributed by atoms with van der Waals surface area (Å²) < 4.78 is 0. The molecule has 2 N–H and O–H groups in total. The summed E-state index contributed by atoms with van der Waals surface area (Å²) in [6.07, 6.45) is 2.17. The Bertz CT molecular complexity index is 430. The summed E-state index contributed by atoms with van der Waals surface area (Å²) in [4.78, 5) is 13.9. The number of nitrogens with one attached hydrogen (secondary N) is 1. The second-order valence-electron chi connectivity index (χ2n) is 4.78. The van der Waals surface area contributed by atoms with Crippen LogP contribution in [-0.4, -0.2) is 28.6 Å². The van der Waals surface area contributed by atoms with Crippen molar-refractivity contribution in [3.05, 3.63) is 29.8 Å². The number of nitrogens with zero attached hydrogens (tertiary/aromatic N) is 1. The van der Waals surface area contributed by atoms with Crippen molar-refractivity contribution in [3.63, 3.8) is 0 Å². The summed E-state index contributed by atoms with van der Waals surface area (Å²) >= 11 is 0. The molecule has 0 aliphatic heterocycles. The van der Waals surface area contributed by atoms with Crippen LogP contribution in [0.1, 0.15) is 38.3 Å². The molecule has 0 saturated heterocycles. The Morgan fingerprint density at radius 2 is 2.28 bits per heavy atom. The summed E-state index contributed by atoms with van der Waals surface area (Å²) in [5.41, 5.74) is 0.947. The van der Waals surface area contributed by atoms with E-state index in [0.29, 0.717) is 12.6 Å². The van der Waals surface area contributed by atoms with Gasteiger partial charge in [-0.25, -0.2) is 4.79 Å². The maximum atomic E-state index is 12.1. The van der Waals surface area contributed by atoms with E-state index in [-0.39, 0.29) is 17.8 Å². The van der Waals surface area contributed by atoms with Gasteiger partial charge in [-0.05, 0) is 44.4 Å². The number of phenols is 1. The van der Waals surface area contributed by atoms with E-state index in [1.807, 2.05) is 19.9 Å². The standard InChI is InChI=1S/C14H20N2O2/c1-3-16(14(18)15-12-7-8-12)10(2)11-5-4-6-13(17)9-11/h4-6,9-10,12,17H,3,7-8H2,1-2H3,(H,15,18). The number of rotatable bonds is 4. The third kappa shape index (κ3) is 2.94. The first kappa shape index (κ1) is 12.7. The molecule has 1 saturated carbocycles. The maximum absolute atomic E-state index is 12.1. The summed E-state index contributed by atoms with van der Waals surface area (Å²) in [5.74, 6) is 0.234. The first-order valence-corrected chi connectivity index (χ1v) is 6.48. The summed E-state index contributed by atoms with van der Waals surface area (Å²) in [6.45, 7) is 4.59. The third-order valence-electron chi connectivity index (χ3n) is 3.33. The number of benzene rings is 1. The Morgan fingerprint density at radius 1 is 1.56 bits per heavy atom. The molecule has 18 heavy (non-hydrogen) atoms. The van der Waals surface area contributed by atoms with Crippen LogP contribution in [-0.2, 0) is 0 Å². The van der Waals surface area contributed by atoms with Crippen LogP contribution < -0.4 is 5.32 Å². The lowest BCUT2D eigenvalue weighted by Gasteiger charge is -2.28. The maximum Gasteiger partial charge on any atom is 0.318 e. The van der Waals surface area contributed by atoms with Gasteiger partial charge in [-0.3, -0.25) is 0 Å². The van der Waals surface area contributed by atoms with Crippen LogP contribution in [0.4, 0.5) is 4.79 Å². The number of carbonyl (C=O) groups excluding carboxylic acids is 1. The molecule has 1 aliphatic carbocycles. The summed E-state index contributed by atoms with van der Waals surface area (Å²) in [7, 11) is 0. The average molecular weight is 248 g/mol. The van der Waals surface area contributed by atoms with E-state index in [4.69, 9.17) is 0 Å². The summed E-state index contributed by atoms with van der Waals surface area (Å²) in [6, 6.07) is 7.37. The molecule has 4 nitrogen and oxygen atoms in total. The van der Waals surface area contributed by atoms with Crippen molar-refractivity contribution in [3.8, 4) is 5.75 Å². The van der Waals surface area contributed by atoms with Gasteiger partial charge in [0, 0.05) is 12.6 Å². The number of urea groups is 1. The highest BCUT2D eigenvalue weighted by Gasteiger charge is 2.27. The first-order chi connectivity index (χ1) is 8.61. The van der Waals surface area contributed by atoms with Crippen molar-refractivity contribution in [2.75, 3.05) is 6.54 Å². The van der Waals surface area contributed by atoms with Gasteiger partial charge in [0.1, 0.15) is 5.75 Å². The second-order valence-corrected chi connectivity index (χ2v) is 4.78. The van der Waals surface area contributed by atoms with Gasteiger partial charge in [-0.1, -0.05) is 12.1 Å². The molecule has 0 heterocycles. The van der Waals surface area contributed by atoms with Gasteiger partial charge in [0.15, 0.2) is 0 Å². The fraction of sp³-hybridized carbons (Fsp3) is 0.500. The topological polar surface area (TPSA) is 52.6 Å². The Balaban J connectivity index is 2.08. The fourth-order valence-corrected chi connectivity index (χ4v) is 2.04. The molecule has 1 atom stereocenters. The van der Waals surface area contributed by atoms with Crippen molar-refractivity contribution in [1.82, 2.24) is 10.2 Å². The molecule has 0 aromatic heterocycles. The van der Waals surface area contributed by atoms with E-state index in [1.54, 1.807) is 23.1 Å². The fourth-order valence-electron chi connectivity index (χ4n) is 2.04. The highest BCUT2D eigenvalue weighted by Crippen LogP contribution is 2.25. The van der Waals surface area contributed by atoms with E-state index in [9.17, 15) is 9.90 Å². The molecule has 0 bridgehead atoms. The van der Waals surface area contributed by atoms with Crippen LogP contribution in [0.15, 0.2) is 24.3 Å². The van der Waals surface area contributed by atoms with E-state index < -0.39 is 0 Å². The van der Waals surface area contributed by atoms with E-state index >= 15 is 0 Å². The lowest BCUT2D eigenvalue weighted by Crippen LogP contribution is -2.42. The van der Waals surface area contributed by atoms with Crippen molar-refractivity contribution in [1.29, 1.82) is 0 Å². The molecular formula is C14H20N2O2. The number of hydrogen-bond acceptors (Lipinski definition) is 2. The number of carbonyl (C=O) groups is 1.